The third-order valence-electron chi connectivity index (χ3n) is 2.80. The Morgan fingerprint density at radius 2 is 1.85 bits per heavy atom. The molecule has 0 unspecified atom stereocenters. The van der Waals surface area contributed by atoms with Crippen LogP contribution >= 0.6 is 0 Å². The molecular formula is C15H15NO4. The fourth-order valence-corrected chi connectivity index (χ4v) is 1.73. The highest BCUT2D eigenvalue weighted by Crippen LogP contribution is 2.35. The Morgan fingerprint density at radius 3 is 2.50 bits per heavy atom. The van der Waals surface area contributed by atoms with Crippen molar-refractivity contribution in [2.75, 3.05) is 12.8 Å². The Bertz CT molecular complexity index is 652. The second kappa shape index (κ2) is 5.52. The summed E-state index contributed by atoms with van der Waals surface area (Å²) in [5.74, 6) is 0.287. The Hall–Kier alpha value is -2.69. The number of nitrogen functional groups attached to an aromatic ring is 1. The van der Waals surface area contributed by atoms with E-state index in [0.29, 0.717) is 17.2 Å². The van der Waals surface area contributed by atoms with Gasteiger partial charge in [-0.25, -0.2) is 4.79 Å². The lowest BCUT2D eigenvalue weighted by atomic mass is 10.2. The lowest BCUT2D eigenvalue weighted by Gasteiger charge is -2.13. The summed E-state index contributed by atoms with van der Waals surface area (Å²) in [6, 6.07) is 9.76. The van der Waals surface area contributed by atoms with E-state index in [9.17, 15) is 4.79 Å². The van der Waals surface area contributed by atoms with E-state index in [1.54, 1.807) is 13.2 Å². The van der Waals surface area contributed by atoms with Crippen molar-refractivity contribution in [2.24, 2.45) is 0 Å². The van der Waals surface area contributed by atoms with Crippen molar-refractivity contribution in [3.63, 3.8) is 0 Å². The minimum atomic E-state index is -1.04. The van der Waals surface area contributed by atoms with Crippen LogP contribution in [0.3, 0.4) is 0 Å². The van der Waals surface area contributed by atoms with Crippen LogP contribution in [0.1, 0.15) is 15.9 Å². The van der Waals surface area contributed by atoms with Crippen LogP contribution in [0.2, 0.25) is 0 Å². The van der Waals surface area contributed by atoms with Crippen molar-refractivity contribution >= 4 is 11.7 Å². The normalized spacial score (nSPS) is 10.1. The molecule has 5 nitrogen and oxygen atoms in total. The van der Waals surface area contributed by atoms with E-state index < -0.39 is 5.97 Å². The van der Waals surface area contributed by atoms with Crippen molar-refractivity contribution in [1.29, 1.82) is 0 Å². The summed E-state index contributed by atoms with van der Waals surface area (Å²) in [5.41, 5.74) is 7.30. The molecule has 0 bridgehead atoms. The molecule has 0 spiro atoms. The molecule has 104 valence electrons. The molecular weight excluding hydrogens is 258 g/mol. The summed E-state index contributed by atoms with van der Waals surface area (Å²) in [5, 5.41) is 8.98. The Morgan fingerprint density at radius 1 is 1.10 bits per heavy atom. The van der Waals surface area contributed by atoms with Gasteiger partial charge in [0, 0.05) is 0 Å². The van der Waals surface area contributed by atoms with Crippen LogP contribution < -0.4 is 15.2 Å². The fraction of sp³-hybridized carbons (Fsp3) is 0.133. The molecule has 0 amide bonds. The van der Waals surface area contributed by atoms with Gasteiger partial charge in [0.1, 0.15) is 0 Å². The molecule has 0 aliphatic rings. The summed E-state index contributed by atoms with van der Waals surface area (Å²) in [6.45, 7) is 1.94. The van der Waals surface area contributed by atoms with Crippen molar-refractivity contribution in [1.82, 2.24) is 0 Å². The fourth-order valence-electron chi connectivity index (χ4n) is 1.73. The topological polar surface area (TPSA) is 81.8 Å². The minimum Gasteiger partial charge on any atom is -0.493 e. The molecule has 2 aromatic carbocycles. The Kier molecular flexibility index (Phi) is 3.79. The summed E-state index contributed by atoms with van der Waals surface area (Å²) >= 11 is 0. The lowest BCUT2D eigenvalue weighted by Crippen LogP contribution is -2.00. The van der Waals surface area contributed by atoms with E-state index in [4.69, 9.17) is 20.3 Å². The van der Waals surface area contributed by atoms with E-state index >= 15 is 0 Å². The number of anilines is 1. The van der Waals surface area contributed by atoms with E-state index in [1.807, 2.05) is 19.1 Å². The summed E-state index contributed by atoms with van der Waals surface area (Å²) in [6.07, 6.45) is 0. The highest BCUT2D eigenvalue weighted by Gasteiger charge is 2.11. The van der Waals surface area contributed by atoms with Gasteiger partial charge in [0.25, 0.3) is 0 Å². The van der Waals surface area contributed by atoms with Gasteiger partial charge in [0.15, 0.2) is 17.2 Å². The molecule has 0 aromatic heterocycles. The SMILES string of the molecule is COc1cc(C)ccc1Oc1cc(C(=O)O)ccc1N. The molecule has 20 heavy (non-hydrogen) atoms. The number of aryl methyl sites for hydroxylation is 1. The molecule has 0 heterocycles. The molecule has 0 saturated heterocycles. The van der Waals surface area contributed by atoms with E-state index in [0.717, 1.165) is 5.56 Å². The van der Waals surface area contributed by atoms with Crippen LogP contribution in [0, 0.1) is 6.92 Å². The van der Waals surface area contributed by atoms with Gasteiger partial charge >= 0.3 is 5.97 Å². The number of carboxylic acid groups (broad SMARTS) is 1. The number of rotatable bonds is 4. The quantitative estimate of drug-likeness (QED) is 0.836. The zero-order chi connectivity index (χ0) is 14.7. The maximum absolute atomic E-state index is 11.0. The van der Waals surface area contributed by atoms with Crippen LogP contribution in [-0.4, -0.2) is 18.2 Å². The number of benzene rings is 2. The van der Waals surface area contributed by atoms with Gasteiger partial charge in [-0.2, -0.15) is 0 Å². The summed E-state index contributed by atoms with van der Waals surface area (Å²) in [4.78, 5) is 11.0. The molecule has 0 atom stereocenters. The molecule has 2 aromatic rings. The number of methoxy groups -OCH3 is 1. The van der Waals surface area contributed by atoms with Crippen LogP contribution in [-0.2, 0) is 0 Å². The van der Waals surface area contributed by atoms with Gasteiger partial charge in [-0.15, -0.1) is 0 Å². The van der Waals surface area contributed by atoms with Gasteiger partial charge in [0.05, 0.1) is 18.4 Å². The molecule has 0 radical (unpaired) electrons. The number of aromatic carboxylic acids is 1. The van der Waals surface area contributed by atoms with Gasteiger partial charge in [-0.3, -0.25) is 0 Å². The minimum absolute atomic E-state index is 0.111. The first-order valence-electron chi connectivity index (χ1n) is 5.96. The van der Waals surface area contributed by atoms with E-state index in [2.05, 4.69) is 0 Å². The Balaban J connectivity index is 2.39. The number of hydrogen-bond acceptors (Lipinski definition) is 4. The van der Waals surface area contributed by atoms with Crippen molar-refractivity contribution in [2.45, 2.75) is 6.92 Å². The zero-order valence-corrected chi connectivity index (χ0v) is 11.2. The zero-order valence-electron chi connectivity index (χ0n) is 11.2. The molecule has 2 rings (SSSR count). The predicted molar refractivity (Wildman–Crippen MR) is 75.6 cm³/mol. The van der Waals surface area contributed by atoms with E-state index in [1.165, 1.54) is 18.2 Å². The Labute approximate surface area is 116 Å². The van der Waals surface area contributed by atoms with Crippen molar-refractivity contribution < 1.29 is 19.4 Å². The lowest BCUT2D eigenvalue weighted by molar-refractivity contribution is 0.0696. The van der Waals surface area contributed by atoms with Gasteiger partial charge < -0.3 is 20.3 Å². The summed E-state index contributed by atoms with van der Waals surface area (Å²) in [7, 11) is 1.54. The number of hydrogen-bond donors (Lipinski definition) is 2. The average molecular weight is 273 g/mol. The average Bonchev–Trinajstić information content (AvgIpc) is 2.42. The molecule has 5 heteroatoms. The highest BCUT2D eigenvalue weighted by atomic mass is 16.5. The van der Waals surface area contributed by atoms with Crippen LogP contribution in [0.5, 0.6) is 17.2 Å². The third kappa shape index (κ3) is 2.83. The molecule has 0 saturated carbocycles. The standard InChI is InChI=1S/C15H15NO4/c1-9-3-6-12(14(7-9)19-2)20-13-8-10(15(17)18)4-5-11(13)16/h3-8H,16H2,1-2H3,(H,17,18). The second-order valence-corrected chi connectivity index (χ2v) is 4.31. The third-order valence-corrected chi connectivity index (χ3v) is 2.80. The van der Waals surface area contributed by atoms with Crippen LogP contribution in [0.15, 0.2) is 36.4 Å². The first kappa shape index (κ1) is 13.7. The van der Waals surface area contributed by atoms with E-state index in [-0.39, 0.29) is 11.3 Å². The predicted octanol–water partition coefficient (Wildman–Crippen LogP) is 3.08. The largest absolute Gasteiger partial charge is 0.493 e. The second-order valence-electron chi connectivity index (χ2n) is 4.31. The molecule has 0 aliphatic carbocycles. The van der Waals surface area contributed by atoms with Gasteiger partial charge in [-0.1, -0.05) is 6.07 Å². The number of carbonyl (C=O) groups is 1. The number of carboxylic acids is 1. The first-order valence-corrected chi connectivity index (χ1v) is 5.96. The maximum Gasteiger partial charge on any atom is 0.335 e. The molecule has 3 N–H and O–H groups in total. The van der Waals surface area contributed by atoms with Gasteiger partial charge in [0.2, 0.25) is 0 Å². The maximum atomic E-state index is 11.0. The molecule has 0 aliphatic heterocycles. The monoisotopic (exact) mass is 273 g/mol. The first-order chi connectivity index (χ1) is 9.51. The van der Waals surface area contributed by atoms with Crippen LogP contribution in [0.4, 0.5) is 5.69 Å². The highest BCUT2D eigenvalue weighted by molar-refractivity contribution is 5.89. The summed E-state index contributed by atoms with van der Waals surface area (Å²) < 4.78 is 10.9. The van der Waals surface area contributed by atoms with Crippen molar-refractivity contribution in [3.05, 3.63) is 47.5 Å². The number of nitrogens with two attached hydrogens (primary N) is 1. The number of ether oxygens (including phenoxy) is 2. The smallest absolute Gasteiger partial charge is 0.335 e. The van der Waals surface area contributed by atoms with Crippen molar-refractivity contribution in [3.8, 4) is 17.2 Å². The van der Waals surface area contributed by atoms with Crippen LogP contribution in [0.25, 0.3) is 0 Å². The molecule has 0 fully saturated rings. The van der Waals surface area contributed by atoms with Gasteiger partial charge in [-0.05, 0) is 42.8 Å².